The van der Waals surface area contributed by atoms with Gasteiger partial charge in [-0.15, -0.1) is 0 Å². The molecule has 0 aromatic heterocycles. The van der Waals surface area contributed by atoms with Crippen LogP contribution in [0.4, 0.5) is 0 Å². The molecule has 1 fully saturated rings. The van der Waals surface area contributed by atoms with E-state index in [1.54, 1.807) is 0 Å². The van der Waals surface area contributed by atoms with E-state index in [0.29, 0.717) is 18.0 Å². The van der Waals surface area contributed by atoms with Gasteiger partial charge in [-0.2, -0.15) is 0 Å². The van der Waals surface area contributed by atoms with Crippen LogP contribution >= 0.6 is 23.2 Å². The first kappa shape index (κ1) is 17.1. The summed E-state index contributed by atoms with van der Waals surface area (Å²) in [6.45, 7) is 9.87. The molecule has 2 nitrogen and oxygen atoms in total. The monoisotopic (exact) mass is 328 g/mol. The van der Waals surface area contributed by atoms with Gasteiger partial charge in [0.2, 0.25) is 0 Å². The molecule has 1 aliphatic heterocycles. The Balaban J connectivity index is 2.17. The van der Waals surface area contributed by atoms with Crippen molar-refractivity contribution in [2.24, 2.45) is 5.92 Å². The molecule has 0 amide bonds. The van der Waals surface area contributed by atoms with Gasteiger partial charge in [0.15, 0.2) is 0 Å². The van der Waals surface area contributed by atoms with Crippen molar-refractivity contribution >= 4 is 23.2 Å². The number of rotatable bonds is 5. The second kappa shape index (κ2) is 7.82. The van der Waals surface area contributed by atoms with Gasteiger partial charge in [-0.3, -0.25) is 4.90 Å². The van der Waals surface area contributed by atoms with Crippen LogP contribution in [0.25, 0.3) is 0 Å². The van der Waals surface area contributed by atoms with Crippen molar-refractivity contribution in [2.45, 2.75) is 52.2 Å². The van der Waals surface area contributed by atoms with Gasteiger partial charge in [-0.25, -0.2) is 0 Å². The Morgan fingerprint density at radius 3 is 2.76 bits per heavy atom. The van der Waals surface area contributed by atoms with Gasteiger partial charge in [-0.1, -0.05) is 50.4 Å². The average molecular weight is 329 g/mol. The van der Waals surface area contributed by atoms with Crippen LogP contribution < -0.4 is 5.32 Å². The maximum Gasteiger partial charge on any atom is 0.0452 e. The Morgan fingerprint density at radius 2 is 2.10 bits per heavy atom. The SMILES string of the molecule is CCC1CN(Cc2cc(Cl)ccc2Cl)C(C(C)CC)CN1. The molecule has 0 radical (unpaired) electrons. The van der Waals surface area contributed by atoms with Crippen molar-refractivity contribution in [1.82, 2.24) is 10.2 Å². The van der Waals surface area contributed by atoms with Crippen molar-refractivity contribution in [3.63, 3.8) is 0 Å². The summed E-state index contributed by atoms with van der Waals surface area (Å²) in [6, 6.07) is 6.89. The molecule has 1 N–H and O–H groups in total. The predicted octanol–water partition coefficient (Wildman–Crippen LogP) is 4.59. The molecule has 1 aliphatic rings. The summed E-state index contributed by atoms with van der Waals surface area (Å²) in [5.74, 6) is 0.674. The zero-order chi connectivity index (χ0) is 15.4. The van der Waals surface area contributed by atoms with E-state index in [1.165, 1.54) is 6.42 Å². The van der Waals surface area contributed by atoms with Crippen LogP contribution in [0.2, 0.25) is 10.0 Å². The molecule has 2 rings (SSSR count). The Kier molecular flexibility index (Phi) is 6.36. The lowest BCUT2D eigenvalue weighted by atomic mass is 9.93. The van der Waals surface area contributed by atoms with E-state index >= 15 is 0 Å². The van der Waals surface area contributed by atoms with E-state index in [-0.39, 0.29) is 0 Å². The van der Waals surface area contributed by atoms with Gasteiger partial charge in [0, 0.05) is 41.8 Å². The van der Waals surface area contributed by atoms with Crippen LogP contribution in [0.3, 0.4) is 0 Å². The number of benzene rings is 1. The molecule has 0 bridgehead atoms. The minimum absolute atomic E-state index is 0.563. The number of hydrogen-bond acceptors (Lipinski definition) is 2. The van der Waals surface area contributed by atoms with Crippen molar-refractivity contribution in [1.29, 1.82) is 0 Å². The van der Waals surface area contributed by atoms with Crippen molar-refractivity contribution in [3.8, 4) is 0 Å². The fourth-order valence-corrected chi connectivity index (χ4v) is 3.44. The largest absolute Gasteiger partial charge is 0.311 e. The number of piperazine rings is 1. The molecule has 3 atom stereocenters. The molecule has 3 unspecified atom stereocenters. The molecule has 1 saturated heterocycles. The molecule has 21 heavy (non-hydrogen) atoms. The van der Waals surface area contributed by atoms with E-state index in [9.17, 15) is 0 Å². The molecule has 1 heterocycles. The zero-order valence-electron chi connectivity index (χ0n) is 13.2. The molecule has 1 aromatic rings. The third kappa shape index (κ3) is 4.35. The summed E-state index contributed by atoms with van der Waals surface area (Å²) >= 11 is 12.5. The topological polar surface area (TPSA) is 15.3 Å². The van der Waals surface area contributed by atoms with Crippen LogP contribution in [0.5, 0.6) is 0 Å². The third-order valence-electron chi connectivity index (χ3n) is 4.71. The highest BCUT2D eigenvalue weighted by Gasteiger charge is 2.30. The van der Waals surface area contributed by atoms with E-state index in [0.717, 1.165) is 41.7 Å². The number of nitrogens with one attached hydrogen (secondary N) is 1. The Bertz CT molecular complexity index is 464. The predicted molar refractivity (Wildman–Crippen MR) is 92.2 cm³/mol. The lowest BCUT2D eigenvalue weighted by Crippen LogP contribution is -2.57. The highest BCUT2D eigenvalue weighted by atomic mass is 35.5. The maximum absolute atomic E-state index is 6.35. The van der Waals surface area contributed by atoms with Gasteiger partial charge < -0.3 is 5.32 Å². The first-order valence-electron chi connectivity index (χ1n) is 7.96. The van der Waals surface area contributed by atoms with Crippen LogP contribution in [-0.2, 0) is 6.54 Å². The van der Waals surface area contributed by atoms with Crippen LogP contribution in [0.15, 0.2) is 18.2 Å². The van der Waals surface area contributed by atoms with Crippen molar-refractivity contribution in [2.75, 3.05) is 13.1 Å². The summed E-state index contributed by atoms with van der Waals surface area (Å²) in [5.41, 5.74) is 1.13. The highest BCUT2D eigenvalue weighted by Crippen LogP contribution is 2.26. The van der Waals surface area contributed by atoms with Crippen LogP contribution in [0.1, 0.15) is 39.2 Å². The van der Waals surface area contributed by atoms with Gasteiger partial charge in [0.25, 0.3) is 0 Å². The minimum Gasteiger partial charge on any atom is -0.311 e. The van der Waals surface area contributed by atoms with Gasteiger partial charge in [-0.05, 0) is 36.1 Å². The van der Waals surface area contributed by atoms with Crippen LogP contribution in [0, 0.1) is 5.92 Å². The summed E-state index contributed by atoms with van der Waals surface area (Å²) in [6.07, 6.45) is 2.36. The van der Waals surface area contributed by atoms with Crippen LogP contribution in [-0.4, -0.2) is 30.1 Å². The molecule has 0 saturated carbocycles. The normalized spacial score (nSPS) is 25.0. The first-order chi connectivity index (χ1) is 10.0. The lowest BCUT2D eigenvalue weighted by molar-refractivity contribution is 0.0833. The molecule has 4 heteroatoms. The molecule has 0 spiro atoms. The first-order valence-corrected chi connectivity index (χ1v) is 8.72. The summed E-state index contributed by atoms with van der Waals surface area (Å²) in [4.78, 5) is 2.58. The van der Waals surface area contributed by atoms with E-state index in [1.807, 2.05) is 18.2 Å². The lowest BCUT2D eigenvalue weighted by Gasteiger charge is -2.43. The fraction of sp³-hybridized carbons (Fsp3) is 0.647. The Morgan fingerprint density at radius 1 is 1.33 bits per heavy atom. The highest BCUT2D eigenvalue weighted by molar-refractivity contribution is 6.33. The van der Waals surface area contributed by atoms with Gasteiger partial charge >= 0.3 is 0 Å². The summed E-state index contributed by atoms with van der Waals surface area (Å²) in [7, 11) is 0. The van der Waals surface area contributed by atoms with Gasteiger partial charge in [0.05, 0.1) is 0 Å². The summed E-state index contributed by atoms with van der Waals surface area (Å²) < 4.78 is 0. The standard InChI is InChI=1S/C17H26Cl2N2/c1-4-12(3)17-9-20-15(5-2)11-21(17)10-13-8-14(18)6-7-16(13)19/h6-8,12,15,17,20H,4-5,9-11H2,1-3H3. The minimum atomic E-state index is 0.563. The molecule has 1 aromatic carbocycles. The Hall–Kier alpha value is -0.280. The van der Waals surface area contributed by atoms with E-state index in [4.69, 9.17) is 23.2 Å². The number of hydrogen-bond donors (Lipinski definition) is 1. The number of nitrogens with zero attached hydrogens (tertiary/aromatic N) is 1. The van der Waals surface area contributed by atoms with E-state index in [2.05, 4.69) is 31.0 Å². The van der Waals surface area contributed by atoms with E-state index < -0.39 is 0 Å². The average Bonchev–Trinajstić information content (AvgIpc) is 2.50. The molecule has 118 valence electrons. The van der Waals surface area contributed by atoms with Crippen molar-refractivity contribution in [3.05, 3.63) is 33.8 Å². The van der Waals surface area contributed by atoms with Crippen molar-refractivity contribution < 1.29 is 0 Å². The Labute approximate surface area is 138 Å². The molecule has 0 aliphatic carbocycles. The fourth-order valence-electron chi connectivity index (χ4n) is 3.07. The molecular formula is C17H26Cl2N2. The van der Waals surface area contributed by atoms with Gasteiger partial charge in [0.1, 0.15) is 0 Å². The second-order valence-electron chi connectivity index (χ2n) is 6.13. The smallest absolute Gasteiger partial charge is 0.0452 e. The quantitative estimate of drug-likeness (QED) is 0.850. The number of halogens is 2. The molecular weight excluding hydrogens is 303 g/mol. The second-order valence-corrected chi connectivity index (χ2v) is 6.98. The zero-order valence-corrected chi connectivity index (χ0v) is 14.7. The maximum atomic E-state index is 6.35. The summed E-state index contributed by atoms with van der Waals surface area (Å²) in [5, 5.41) is 5.25. The third-order valence-corrected chi connectivity index (χ3v) is 5.32.